The lowest BCUT2D eigenvalue weighted by atomic mass is 10.1. The van der Waals surface area contributed by atoms with Crippen LogP contribution in [-0.4, -0.2) is 29.8 Å². The van der Waals surface area contributed by atoms with Gasteiger partial charge in [-0.05, 0) is 25.1 Å². The van der Waals surface area contributed by atoms with E-state index >= 15 is 0 Å². The zero-order chi connectivity index (χ0) is 20.1. The number of hydrogen-bond donors (Lipinski definition) is 1. The summed E-state index contributed by atoms with van der Waals surface area (Å²) in [5.41, 5.74) is 6.10. The molecule has 3 aromatic rings. The van der Waals surface area contributed by atoms with Crippen LogP contribution in [0.15, 0.2) is 59.0 Å². The molecule has 0 saturated carbocycles. The molecule has 2 aromatic carbocycles. The van der Waals surface area contributed by atoms with Crippen LogP contribution in [0.1, 0.15) is 23.9 Å². The Kier molecular flexibility index (Phi) is 5.86. The lowest BCUT2D eigenvalue weighted by molar-refractivity contribution is -0.120. The average Bonchev–Trinajstić information content (AvgIpc) is 3.08. The summed E-state index contributed by atoms with van der Waals surface area (Å²) in [4.78, 5) is 16.8. The minimum absolute atomic E-state index is 0.190. The molecule has 4 rings (SSSR count). The molecule has 6 nitrogen and oxygen atoms in total. The Morgan fingerprint density at radius 2 is 1.93 bits per heavy atom. The van der Waals surface area contributed by atoms with Crippen molar-refractivity contribution in [2.24, 2.45) is 5.10 Å². The van der Waals surface area contributed by atoms with Gasteiger partial charge in [0, 0.05) is 22.9 Å². The summed E-state index contributed by atoms with van der Waals surface area (Å²) in [5.74, 6) is 1.24. The second-order valence-corrected chi connectivity index (χ2v) is 7.56. The van der Waals surface area contributed by atoms with Crippen LogP contribution in [0.2, 0.25) is 0 Å². The smallest absolute Gasteiger partial charge is 0.246 e. The molecule has 2 heterocycles. The van der Waals surface area contributed by atoms with E-state index in [9.17, 15) is 4.79 Å². The number of hydrogen-bond acceptors (Lipinski definition) is 6. The molecule has 0 spiro atoms. The number of carbonyl (C=O) groups is 1. The van der Waals surface area contributed by atoms with Gasteiger partial charge in [-0.15, -0.1) is 11.3 Å². The van der Waals surface area contributed by atoms with Gasteiger partial charge < -0.3 is 9.47 Å². The first-order valence-corrected chi connectivity index (χ1v) is 10.3. The number of carbonyl (C=O) groups excluding carboxylic acids is 1. The molecule has 1 N–H and O–H groups in total. The van der Waals surface area contributed by atoms with E-state index < -0.39 is 0 Å². The molecule has 29 heavy (non-hydrogen) atoms. The van der Waals surface area contributed by atoms with Crippen molar-refractivity contribution in [1.82, 2.24) is 10.4 Å². The van der Waals surface area contributed by atoms with E-state index in [2.05, 4.69) is 15.5 Å². The highest BCUT2D eigenvalue weighted by Crippen LogP contribution is 2.30. The van der Waals surface area contributed by atoms with Gasteiger partial charge in [-0.25, -0.2) is 10.4 Å². The molecule has 148 valence electrons. The van der Waals surface area contributed by atoms with Crippen LogP contribution < -0.4 is 14.9 Å². The number of amides is 1. The number of rotatable bonds is 5. The van der Waals surface area contributed by atoms with Crippen molar-refractivity contribution in [1.29, 1.82) is 0 Å². The van der Waals surface area contributed by atoms with Crippen LogP contribution in [0.3, 0.4) is 0 Å². The predicted octanol–water partition coefficient (Wildman–Crippen LogP) is 4.05. The monoisotopic (exact) mass is 407 g/mol. The van der Waals surface area contributed by atoms with Gasteiger partial charge in [0.25, 0.3) is 0 Å². The first kappa shape index (κ1) is 19.1. The van der Waals surface area contributed by atoms with Crippen molar-refractivity contribution >= 4 is 23.0 Å². The van der Waals surface area contributed by atoms with Crippen molar-refractivity contribution in [3.8, 4) is 22.8 Å². The fourth-order valence-electron chi connectivity index (χ4n) is 2.91. The van der Waals surface area contributed by atoms with Gasteiger partial charge in [0.15, 0.2) is 11.5 Å². The summed E-state index contributed by atoms with van der Waals surface area (Å²) in [5, 5.41) is 6.94. The molecular formula is C22H21N3O3S. The Labute approximate surface area is 173 Å². The number of aromatic nitrogens is 1. The molecule has 0 bridgehead atoms. The molecule has 1 amide bonds. The minimum Gasteiger partial charge on any atom is -0.490 e. The highest BCUT2D eigenvalue weighted by molar-refractivity contribution is 7.10. The SMILES string of the molecule is C/C(=N/NC(=O)Cc1nc(-c2ccccc2)cs1)c1ccc2c(c1)OCCCO2. The first-order chi connectivity index (χ1) is 14.2. The second-order valence-electron chi connectivity index (χ2n) is 6.61. The normalized spacial score (nSPS) is 13.6. The van der Waals surface area contributed by atoms with Gasteiger partial charge in [0.05, 0.1) is 31.0 Å². The van der Waals surface area contributed by atoms with E-state index in [0.717, 1.165) is 34.0 Å². The molecule has 1 aliphatic rings. The summed E-state index contributed by atoms with van der Waals surface area (Å²) in [6.45, 7) is 3.12. The molecule has 0 saturated heterocycles. The summed E-state index contributed by atoms with van der Waals surface area (Å²) in [7, 11) is 0. The Morgan fingerprint density at radius 3 is 2.76 bits per heavy atom. The van der Waals surface area contributed by atoms with Crippen LogP contribution in [0.4, 0.5) is 0 Å². The van der Waals surface area contributed by atoms with Gasteiger partial charge >= 0.3 is 0 Å². The van der Waals surface area contributed by atoms with Crippen molar-refractivity contribution in [2.75, 3.05) is 13.2 Å². The molecule has 0 atom stereocenters. The summed E-state index contributed by atoms with van der Waals surface area (Å²) >= 11 is 1.47. The fourth-order valence-corrected chi connectivity index (χ4v) is 3.71. The highest BCUT2D eigenvalue weighted by atomic mass is 32.1. The van der Waals surface area contributed by atoms with E-state index in [1.165, 1.54) is 11.3 Å². The van der Waals surface area contributed by atoms with Crippen molar-refractivity contribution < 1.29 is 14.3 Å². The van der Waals surface area contributed by atoms with Crippen LogP contribution >= 0.6 is 11.3 Å². The maximum atomic E-state index is 12.3. The number of fused-ring (bicyclic) bond motifs is 1. The van der Waals surface area contributed by atoms with E-state index in [4.69, 9.17) is 9.47 Å². The summed E-state index contributed by atoms with van der Waals surface area (Å²) in [6, 6.07) is 15.6. The number of nitrogens with one attached hydrogen (secondary N) is 1. The first-order valence-electron chi connectivity index (χ1n) is 9.42. The average molecular weight is 407 g/mol. The molecule has 0 aliphatic carbocycles. The lowest BCUT2D eigenvalue weighted by Crippen LogP contribution is -2.21. The molecule has 7 heteroatoms. The van der Waals surface area contributed by atoms with Gasteiger partial charge in [0.1, 0.15) is 5.01 Å². The Balaban J connectivity index is 1.38. The third-order valence-electron chi connectivity index (χ3n) is 4.45. The third-order valence-corrected chi connectivity index (χ3v) is 5.30. The molecular weight excluding hydrogens is 386 g/mol. The largest absolute Gasteiger partial charge is 0.490 e. The fraction of sp³-hybridized carbons (Fsp3) is 0.227. The summed E-state index contributed by atoms with van der Waals surface area (Å²) < 4.78 is 11.3. The molecule has 0 unspecified atom stereocenters. The Hall–Kier alpha value is -3.19. The van der Waals surface area contributed by atoms with Crippen molar-refractivity contribution in [2.45, 2.75) is 19.8 Å². The van der Waals surface area contributed by atoms with E-state index in [1.54, 1.807) is 0 Å². The number of thiazole rings is 1. The van der Waals surface area contributed by atoms with Crippen LogP contribution in [-0.2, 0) is 11.2 Å². The Bertz CT molecular complexity index is 1030. The number of hydrazone groups is 1. The van der Waals surface area contributed by atoms with Gasteiger partial charge in [-0.2, -0.15) is 5.10 Å². The number of benzene rings is 2. The quantitative estimate of drug-likeness (QED) is 0.511. The maximum absolute atomic E-state index is 12.3. The van der Waals surface area contributed by atoms with Crippen LogP contribution in [0, 0.1) is 0 Å². The van der Waals surface area contributed by atoms with E-state index in [1.807, 2.05) is 60.8 Å². The van der Waals surface area contributed by atoms with Gasteiger partial charge in [0.2, 0.25) is 5.91 Å². The Morgan fingerprint density at radius 1 is 1.14 bits per heavy atom. The van der Waals surface area contributed by atoms with Crippen LogP contribution in [0.25, 0.3) is 11.3 Å². The van der Waals surface area contributed by atoms with Crippen LogP contribution in [0.5, 0.6) is 11.5 Å². The van der Waals surface area contributed by atoms with Gasteiger partial charge in [-0.3, -0.25) is 4.79 Å². The summed E-state index contributed by atoms with van der Waals surface area (Å²) in [6.07, 6.45) is 1.05. The van der Waals surface area contributed by atoms with Gasteiger partial charge in [-0.1, -0.05) is 30.3 Å². The maximum Gasteiger partial charge on any atom is 0.246 e. The highest BCUT2D eigenvalue weighted by Gasteiger charge is 2.12. The molecule has 1 aliphatic heterocycles. The van der Waals surface area contributed by atoms with E-state index in [-0.39, 0.29) is 12.3 Å². The van der Waals surface area contributed by atoms with Crippen molar-refractivity contribution in [3.63, 3.8) is 0 Å². The molecule has 0 radical (unpaired) electrons. The zero-order valence-corrected chi connectivity index (χ0v) is 16.9. The van der Waals surface area contributed by atoms with E-state index in [0.29, 0.717) is 24.7 Å². The molecule has 1 aromatic heterocycles. The lowest BCUT2D eigenvalue weighted by Gasteiger charge is -2.09. The predicted molar refractivity (Wildman–Crippen MR) is 114 cm³/mol. The number of ether oxygens (including phenoxy) is 2. The number of nitrogens with zero attached hydrogens (tertiary/aromatic N) is 2. The van der Waals surface area contributed by atoms with Crippen molar-refractivity contribution in [3.05, 3.63) is 64.5 Å². The standard InChI is InChI=1S/C22H21N3O3S/c1-15(17-8-9-19-20(12-17)28-11-5-10-27-19)24-25-21(26)13-22-23-18(14-29-22)16-6-3-2-4-7-16/h2-4,6-9,12,14H,5,10-11,13H2,1H3,(H,25,26)/b24-15-. The second kappa shape index (κ2) is 8.87. The minimum atomic E-state index is -0.201. The zero-order valence-electron chi connectivity index (χ0n) is 16.1. The third kappa shape index (κ3) is 4.81. The molecule has 0 fully saturated rings. The topological polar surface area (TPSA) is 72.8 Å².